The van der Waals surface area contributed by atoms with E-state index >= 15 is 0 Å². The molecule has 1 aromatic carbocycles. The maximum absolute atomic E-state index is 13.2. The van der Waals surface area contributed by atoms with E-state index in [0.717, 1.165) is 44.6 Å². The van der Waals surface area contributed by atoms with Crippen molar-refractivity contribution in [2.45, 2.75) is 58.3 Å². The Hall–Kier alpha value is -1.19. The van der Waals surface area contributed by atoms with Gasteiger partial charge in [-0.1, -0.05) is 40.7 Å². The van der Waals surface area contributed by atoms with Crippen LogP contribution in [0, 0.1) is 0 Å². The summed E-state index contributed by atoms with van der Waals surface area (Å²) in [7, 11) is 2.15. The van der Waals surface area contributed by atoms with Gasteiger partial charge in [0, 0.05) is 31.7 Å². The van der Waals surface area contributed by atoms with Gasteiger partial charge in [0.05, 0.1) is 6.54 Å². The Morgan fingerprint density at radius 2 is 1.76 bits per heavy atom. The molecule has 0 aromatic heterocycles. The number of Topliss-reactive ketones (excluding diaryl/α,β-unsaturated/α-hetero) is 1. The van der Waals surface area contributed by atoms with Crippen molar-refractivity contribution < 1.29 is 4.79 Å². The van der Waals surface area contributed by atoms with Crippen molar-refractivity contribution >= 4 is 5.78 Å². The van der Waals surface area contributed by atoms with Crippen LogP contribution in [-0.2, 0) is 17.3 Å². The van der Waals surface area contributed by atoms with Gasteiger partial charge in [0.25, 0.3) is 0 Å². The molecule has 1 aliphatic carbocycles. The van der Waals surface area contributed by atoms with Crippen molar-refractivity contribution in [2.75, 3.05) is 39.8 Å². The molecule has 1 heterocycles. The molecular formula is C22H34N2O. The summed E-state index contributed by atoms with van der Waals surface area (Å²) in [4.78, 5) is 17.8. The highest BCUT2D eigenvalue weighted by Crippen LogP contribution is 2.42. The largest absolute Gasteiger partial charge is 0.304 e. The maximum atomic E-state index is 13.2. The molecule has 0 N–H and O–H groups in total. The summed E-state index contributed by atoms with van der Waals surface area (Å²) in [6, 6.07) is 4.56. The van der Waals surface area contributed by atoms with Gasteiger partial charge in [-0.3, -0.25) is 9.69 Å². The smallest absolute Gasteiger partial charge is 0.177 e. The number of ketones is 1. The Morgan fingerprint density at radius 3 is 2.36 bits per heavy atom. The lowest BCUT2D eigenvalue weighted by atomic mass is 9.79. The zero-order chi connectivity index (χ0) is 18.4. The number of hydrogen-bond acceptors (Lipinski definition) is 3. The number of fused-ring (bicyclic) bond motifs is 1. The first kappa shape index (κ1) is 18.6. The van der Waals surface area contributed by atoms with Crippen molar-refractivity contribution in [3.8, 4) is 0 Å². The first-order valence-corrected chi connectivity index (χ1v) is 9.70. The average molecular weight is 343 g/mol. The lowest BCUT2D eigenvalue weighted by Gasteiger charge is -2.32. The van der Waals surface area contributed by atoms with Crippen LogP contribution in [0.3, 0.4) is 0 Å². The highest BCUT2D eigenvalue weighted by Gasteiger charge is 2.34. The molecule has 0 atom stereocenters. The molecular weight excluding hydrogens is 308 g/mol. The van der Waals surface area contributed by atoms with Crippen LogP contribution in [-0.4, -0.2) is 55.4 Å². The molecule has 1 saturated heterocycles. The number of carbonyl (C=O) groups is 1. The fraction of sp³-hybridized carbons (Fsp3) is 0.682. The van der Waals surface area contributed by atoms with Crippen LogP contribution < -0.4 is 0 Å². The van der Waals surface area contributed by atoms with E-state index in [1.165, 1.54) is 16.7 Å². The predicted molar refractivity (Wildman–Crippen MR) is 105 cm³/mol. The zero-order valence-corrected chi connectivity index (χ0v) is 16.9. The predicted octanol–water partition coefficient (Wildman–Crippen LogP) is 3.64. The van der Waals surface area contributed by atoms with Crippen LogP contribution in [0.4, 0.5) is 0 Å². The van der Waals surface area contributed by atoms with Gasteiger partial charge in [0.1, 0.15) is 0 Å². The minimum atomic E-state index is 0.0660. The summed E-state index contributed by atoms with van der Waals surface area (Å²) in [6.45, 7) is 16.0. The van der Waals surface area contributed by atoms with Gasteiger partial charge < -0.3 is 4.90 Å². The lowest BCUT2D eigenvalue weighted by molar-refractivity contribution is 0.0875. The molecule has 3 heteroatoms. The average Bonchev–Trinajstić information content (AvgIpc) is 2.83. The van der Waals surface area contributed by atoms with Crippen LogP contribution in [0.2, 0.25) is 0 Å². The van der Waals surface area contributed by atoms with Crippen LogP contribution >= 0.6 is 0 Å². The van der Waals surface area contributed by atoms with Crippen molar-refractivity contribution in [3.63, 3.8) is 0 Å². The lowest BCUT2D eigenvalue weighted by Crippen LogP contribution is -2.46. The second-order valence-corrected chi connectivity index (χ2v) is 9.69. The molecule has 1 aromatic rings. The minimum Gasteiger partial charge on any atom is -0.304 e. The minimum absolute atomic E-state index is 0.0660. The van der Waals surface area contributed by atoms with Gasteiger partial charge in [0.2, 0.25) is 0 Å². The summed E-state index contributed by atoms with van der Waals surface area (Å²) in [5.74, 6) is 0.310. The van der Waals surface area contributed by atoms with E-state index in [2.05, 4.69) is 63.6 Å². The van der Waals surface area contributed by atoms with Crippen molar-refractivity contribution in [2.24, 2.45) is 0 Å². The Balaban J connectivity index is 1.92. The Labute approximate surface area is 153 Å². The molecule has 138 valence electrons. The normalized spacial score (nSPS) is 21.4. The quantitative estimate of drug-likeness (QED) is 0.784. The second-order valence-electron chi connectivity index (χ2n) is 9.69. The summed E-state index contributed by atoms with van der Waals surface area (Å²) in [5.41, 5.74) is 5.25. The van der Waals surface area contributed by atoms with Crippen molar-refractivity contribution in [1.82, 2.24) is 9.80 Å². The molecule has 2 aliphatic rings. The summed E-state index contributed by atoms with van der Waals surface area (Å²) in [5, 5.41) is 0. The van der Waals surface area contributed by atoms with E-state index in [1.807, 2.05) is 0 Å². The fourth-order valence-electron chi connectivity index (χ4n) is 4.09. The highest BCUT2D eigenvalue weighted by atomic mass is 16.1. The third-order valence-electron chi connectivity index (χ3n) is 6.11. The molecule has 0 radical (unpaired) electrons. The standard InChI is InChI=1S/C22H34N2O/c1-21(2,3)16-13-18(17-7-8-22(4,5)19(17)14-16)20(25)15-24-11-9-23(6)10-12-24/h13-14H,7-12,15H2,1-6H3. The second kappa shape index (κ2) is 6.51. The van der Waals surface area contributed by atoms with Gasteiger partial charge >= 0.3 is 0 Å². The first-order valence-electron chi connectivity index (χ1n) is 9.70. The van der Waals surface area contributed by atoms with Crippen LogP contribution in [0.1, 0.15) is 68.1 Å². The van der Waals surface area contributed by atoms with Crippen molar-refractivity contribution in [3.05, 3.63) is 34.4 Å². The first-order chi connectivity index (χ1) is 11.6. The Bertz CT molecular complexity index is 661. The topological polar surface area (TPSA) is 23.6 Å². The highest BCUT2D eigenvalue weighted by molar-refractivity contribution is 5.99. The molecule has 0 amide bonds. The Kier molecular flexibility index (Phi) is 4.85. The molecule has 0 unspecified atom stereocenters. The van der Waals surface area contributed by atoms with Crippen LogP contribution in [0.25, 0.3) is 0 Å². The third-order valence-corrected chi connectivity index (χ3v) is 6.11. The van der Waals surface area contributed by atoms with Gasteiger partial charge in [-0.15, -0.1) is 0 Å². The molecule has 0 saturated carbocycles. The fourth-order valence-corrected chi connectivity index (χ4v) is 4.09. The van der Waals surface area contributed by atoms with E-state index < -0.39 is 0 Å². The number of rotatable bonds is 3. The number of piperazine rings is 1. The summed E-state index contributed by atoms with van der Waals surface area (Å²) in [6.07, 6.45) is 2.18. The number of likely N-dealkylation sites (N-methyl/N-ethyl adjacent to an activating group) is 1. The van der Waals surface area contributed by atoms with Crippen LogP contribution in [0.5, 0.6) is 0 Å². The number of carbonyl (C=O) groups excluding carboxylic acids is 1. The molecule has 1 fully saturated rings. The van der Waals surface area contributed by atoms with Gasteiger partial charge in [0.15, 0.2) is 5.78 Å². The number of benzene rings is 1. The number of nitrogens with zero attached hydrogens (tertiary/aromatic N) is 2. The monoisotopic (exact) mass is 342 g/mol. The summed E-state index contributed by atoms with van der Waals surface area (Å²) >= 11 is 0. The Morgan fingerprint density at radius 1 is 1.12 bits per heavy atom. The molecule has 3 nitrogen and oxygen atoms in total. The maximum Gasteiger partial charge on any atom is 0.177 e. The third kappa shape index (κ3) is 3.83. The summed E-state index contributed by atoms with van der Waals surface area (Å²) < 4.78 is 0. The molecule has 0 spiro atoms. The molecule has 3 rings (SSSR count). The zero-order valence-electron chi connectivity index (χ0n) is 16.9. The molecule has 1 aliphatic heterocycles. The van der Waals surface area contributed by atoms with E-state index in [9.17, 15) is 4.79 Å². The molecule has 0 bridgehead atoms. The number of hydrogen-bond donors (Lipinski definition) is 0. The van der Waals surface area contributed by atoms with E-state index in [-0.39, 0.29) is 10.8 Å². The van der Waals surface area contributed by atoms with Gasteiger partial charge in [-0.05, 0) is 53.5 Å². The van der Waals surface area contributed by atoms with Crippen LogP contribution in [0.15, 0.2) is 12.1 Å². The SMILES string of the molecule is CN1CCN(CC(=O)c2cc(C(C)(C)C)cc3c2CCC3(C)C)CC1. The van der Waals surface area contributed by atoms with Gasteiger partial charge in [-0.25, -0.2) is 0 Å². The van der Waals surface area contributed by atoms with E-state index in [4.69, 9.17) is 0 Å². The van der Waals surface area contributed by atoms with Gasteiger partial charge in [-0.2, -0.15) is 0 Å². The van der Waals surface area contributed by atoms with Crippen molar-refractivity contribution in [1.29, 1.82) is 0 Å². The van der Waals surface area contributed by atoms with E-state index in [0.29, 0.717) is 12.3 Å². The molecule has 25 heavy (non-hydrogen) atoms. The van der Waals surface area contributed by atoms with E-state index in [1.54, 1.807) is 0 Å².